The summed E-state index contributed by atoms with van der Waals surface area (Å²) in [4.78, 5) is 12.5. The first-order chi connectivity index (χ1) is 30.9. The first kappa shape index (κ1) is 49.5. The van der Waals surface area contributed by atoms with Gasteiger partial charge < -0.3 is 14.2 Å². The van der Waals surface area contributed by atoms with Gasteiger partial charge in [-0.05, 0) is 117 Å². The van der Waals surface area contributed by atoms with Gasteiger partial charge in [-0.2, -0.15) is 0 Å². The second-order valence-electron chi connectivity index (χ2n) is 17.9. The molecule has 0 radical (unpaired) electrons. The summed E-state index contributed by atoms with van der Waals surface area (Å²) in [5.74, 6) is 13.8. The normalized spacial score (nSPS) is 16.0. The third-order valence-electron chi connectivity index (χ3n) is 12.6. The predicted octanol–water partition coefficient (Wildman–Crippen LogP) is 15.1. The van der Waals surface area contributed by atoms with Crippen LogP contribution in [0.15, 0.2) is 66.7 Å². The standard InChI is InChI=1S/C57H74F2O4/c1-3-5-7-9-17-21-37-61-55-35-30-46(43-53(55)58)26-25-45-27-32-49(33-28-47-31-36-56(54(59)44-47)62-38-22-18-10-8-6-4-2)50(40-45)24-20-16-14-12-11-13-15-19-23-39-63-57(60)52-42-48-29-34-51(52)41-48/h27,29-32,34-36,40,43-44,48,51-52H,3-24,37-39,41-42H2,1-2H3. The van der Waals surface area contributed by atoms with Gasteiger partial charge in [-0.15, -0.1) is 0 Å². The van der Waals surface area contributed by atoms with Crippen LogP contribution in [0, 0.1) is 53.1 Å². The van der Waals surface area contributed by atoms with Crippen LogP contribution in [0.25, 0.3) is 0 Å². The molecule has 1 fully saturated rings. The average molecular weight is 861 g/mol. The predicted molar refractivity (Wildman–Crippen MR) is 254 cm³/mol. The fourth-order valence-corrected chi connectivity index (χ4v) is 8.79. The van der Waals surface area contributed by atoms with E-state index in [1.807, 2.05) is 24.3 Å². The van der Waals surface area contributed by atoms with Gasteiger partial charge in [-0.3, -0.25) is 4.79 Å². The van der Waals surface area contributed by atoms with Crippen molar-refractivity contribution in [2.45, 2.75) is 168 Å². The number of ether oxygens (including phenoxy) is 3. The van der Waals surface area contributed by atoms with E-state index in [1.165, 1.54) is 95.6 Å². The van der Waals surface area contributed by atoms with Crippen molar-refractivity contribution in [3.63, 3.8) is 0 Å². The number of esters is 1. The highest BCUT2D eigenvalue weighted by atomic mass is 19.1. The molecule has 0 amide bonds. The van der Waals surface area contributed by atoms with E-state index in [0.717, 1.165) is 87.3 Å². The monoisotopic (exact) mass is 861 g/mol. The molecule has 340 valence electrons. The Kier molecular flexibility index (Phi) is 22.8. The van der Waals surface area contributed by atoms with E-state index in [1.54, 1.807) is 12.1 Å². The topological polar surface area (TPSA) is 44.8 Å². The summed E-state index contributed by atoms with van der Waals surface area (Å²) >= 11 is 0. The van der Waals surface area contributed by atoms with Gasteiger partial charge in [0.1, 0.15) is 0 Å². The molecule has 2 bridgehead atoms. The molecule has 2 aliphatic rings. The summed E-state index contributed by atoms with van der Waals surface area (Å²) in [5.41, 5.74) is 4.05. The Labute approximate surface area is 379 Å². The van der Waals surface area contributed by atoms with E-state index in [4.69, 9.17) is 14.2 Å². The van der Waals surface area contributed by atoms with Crippen molar-refractivity contribution in [2.24, 2.45) is 17.8 Å². The molecule has 0 aromatic heterocycles. The fourth-order valence-electron chi connectivity index (χ4n) is 8.79. The number of fused-ring (bicyclic) bond motifs is 2. The number of rotatable bonds is 29. The fraction of sp³-hybridized carbons (Fsp3) is 0.561. The van der Waals surface area contributed by atoms with Crippen molar-refractivity contribution >= 4 is 5.97 Å². The molecule has 6 heteroatoms. The van der Waals surface area contributed by atoms with Crippen LogP contribution in [0.3, 0.4) is 0 Å². The summed E-state index contributed by atoms with van der Waals surface area (Å²) in [5, 5.41) is 0. The van der Waals surface area contributed by atoms with Crippen molar-refractivity contribution in [2.75, 3.05) is 19.8 Å². The largest absolute Gasteiger partial charge is 0.491 e. The maximum Gasteiger partial charge on any atom is 0.309 e. The Morgan fingerprint density at radius 3 is 1.52 bits per heavy atom. The third kappa shape index (κ3) is 18.2. The number of halogens is 2. The molecule has 5 rings (SSSR count). The van der Waals surface area contributed by atoms with E-state index in [-0.39, 0.29) is 23.4 Å². The molecule has 3 aromatic carbocycles. The molecule has 0 aliphatic heterocycles. The molecule has 0 saturated heterocycles. The molecule has 63 heavy (non-hydrogen) atoms. The van der Waals surface area contributed by atoms with Crippen LogP contribution in [0.4, 0.5) is 8.78 Å². The Morgan fingerprint density at radius 1 is 0.540 bits per heavy atom. The zero-order valence-corrected chi connectivity index (χ0v) is 38.6. The zero-order valence-electron chi connectivity index (χ0n) is 38.6. The lowest BCUT2D eigenvalue weighted by molar-refractivity contribution is -0.149. The highest BCUT2D eigenvalue weighted by Crippen LogP contribution is 2.44. The van der Waals surface area contributed by atoms with Gasteiger partial charge in [0.2, 0.25) is 0 Å². The van der Waals surface area contributed by atoms with Crippen molar-refractivity contribution in [1.29, 1.82) is 0 Å². The molecular formula is C57H74F2O4. The van der Waals surface area contributed by atoms with E-state index in [2.05, 4.69) is 55.7 Å². The molecule has 0 heterocycles. The van der Waals surface area contributed by atoms with Crippen molar-refractivity contribution in [3.8, 4) is 35.2 Å². The molecule has 3 atom stereocenters. The highest BCUT2D eigenvalue weighted by molar-refractivity contribution is 5.74. The lowest BCUT2D eigenvalue weighted by atomic mass is 9.94. The second kappa shape index (κ2) is 29.0. The number of carbonyl (C=O) groups is 1. The number of hydrogen-bond donors (Lipinski definition) is 0. The number of aryl methyl sites for hydroxylation is 1. The van der Waals surface area contributed by atoms with Gasteiger partial charge in [0.15, 0.2) is 23.1 Å². The Bertz CT molecular complexity index is 1980. The molecular weight excluding hydrogens is 787 g/mol. The van der Waals surface area contributed by atoms with Crippen LogP contribution in [0.5, 0.6) is 11.5 Å². The first-order valence-corrected chi connectivity index (χ1v) is 24.8. The van der Waals surface area contributed by atoms with Gasteiger partial charge in [0.25, 0.3) is 0 Å². The Hall–Kier alpha value is -4.55. The lowest BCUT2D eigenvalue weighted by Gasteiger charge is -2.16. The number of carbonyl (C=O) groups excluding carboxylic acids is 1. The van der Waals surface area contributed by atoms with Crippen molar-refractivity contribution in [1.82, 2.24) is 0 Å². The average Bonchev–Trinajstić information content (AvgIpc) is 3.94. The zero-order chi connectivity index (χ0) is 44.3. The molecule has 1 saturated carbocycles. The third-order valence-corrected chi connectivity index (χ3v) is 12.6. The van der Waals surface area contributed by atoms with Crippen LogP contribution in [-0.4, -0.2) is 25.8 Å². The maximum absolute atomic E-state index is 15.0. The van der Waals surface area contributed by atoms with E-state index in [9.17, 15) is 9.18 Å². The number of hydrogen-bond acceptors (Lipinski definition) is 4. The van der Waals surface area contributed by atoms with Crippen LogP contribution in [-0.2, 0) is 16.0 Å². The molecule has 0 spiro atoms. The Balaban J connectivity index is 1.09. The minimum atomic E-state index is -0.394. The second-order valence-corrected chi connectivity index (χ2v) is 17.9. The number of unbranched alkanes of at least 4 members (excludes halogenated alkanes) is 18. The number of allylic oxidation sites excluding steroid dienone is 2. The van der Waals surface area contributed by atoms with Crippen molar-refractivity contribution < 1.29 is 27.8 Å². The lowest BCUT2D eigenvalue weighted by Crippen LogP contribution is -2.21. The van der Waals surface area contributed by atoms with Crippen LogP contribution in [0.1, 0.15) is 189 Å². The van der Waals surface area contributed by atoms with Crippen molar-refractivity contribution in [3.05, 3.63) is 106 Å². The van der Waals surface area contributed by atoms with Crippen LogP contribution < -0.4 is 9.47 Å². The molecule has 3 unspecified atom stereocenters. The van der Waals surface area contributed by atoms with E-state index < -0.39 is 11.6 Å². The summed E-state index contributed by atoms with van der Waals surface area (Å²) < 4.78 is 47.0. The maximum atomic E-state index is 15.0. The Morgan fingerprint density at radius 2 is 1.02 bits per heavy atom. The van der Waals surface area contributed by atoms with Gasteiger partial charge >= 0.3 is 5.97 Å². The van der Waals surface area contributed by atoms with Crippen LogP contribution >= 0.6 is 0 Å². The highest BCUT2D eigenvalue weighted by Gasteiger charge is 2.40. The SMILES string of the molecule is CCCCCCCCOc1ccc(C#Cc2ccc(C#Cc3ccc(OCCCCCCCC)c(F)c3)c(CCCCCCCCCCCOC(=O)C3CC4C=CC3C4)c2)cc1F. The quantitative estimate of drug-likeness (QED) is 0.0302. The summed E-state index contributed by atoms with van der Waals surface area (Å²) in [7, 11) is 0. The molecule has 4 nitrogen and oxygen atoms in total. The first-order valence-electron chi connectivity index (χ1n) is 24.8. The summed E-state index contributed by atoms with van der Waals surface area (Å²) in [6.45, 7) is 5.99. The molecule has 3 aromatic rings. The minimum Gasteiger partial charge on any atom is -0.491 e. The minimum absolute atomic E-state index is 0.0118. The van der Waals surface area contributed by atoms with E-state index >= 15 is 4.39 Å². The smallest absolute Gasteiger partial charge is 0.309 e. The van der Waals surface area contributed by atoms with Gasteiger partial charge in [-0.25, -0.2) is 8.78 Å². The summed E-state index contributed by atoms with van der Waals surface area (Å²) in [6.07, 6.45) is 31.5. The van der Waals surface area contributed by atoms with Gasteiger partial charge in [-0.1, -0.05) is 159 Å². The molecule has 2 aliphatic carbocycles. The summed E-state index contributed by atoms with van der Waals surface area (Å²) in [6, 6.07) is 15.9. The van der Waals surface area contributed by atoms with E-state index in [0.29, 0.717) is 42.8 Å². The number of benzene rings is 3. The molecule has 0 N–H and O–H groups in total. The van der Waals surface area contributed by atoms with Gasteiger partial charge in [0.05, 0.1) is 25.7 Å². The van der Waals surface area contributed by atoms with Crippen LogP contribution in [0.2, 0.25) is 0 Å². The van der Waals surface area contributed by atoms with Gasteiger partial charge in [0, 0.05) is 22.3 Å².